The third-order valence-electron chi connectivity index (χ3n) is 2.73. The number of hydrogen-bond donors (Lipinski definition) is 2. The standard InChI is InChI=1S/C16H16BrN3O2/c17-13-6-8-14(9-7-13)19-16(21)11-22-20-15(18)10-12-4-2-1-3-5-12/h1-9H,10-11H2,(H2,18,20)(H,19,21). The van der Waals surface area contributed by atoms with E-state index >= 15 is 0 Å². The first-order chi connectivity index (χ1) is 10.6. The van der Waals surface area contributed by atoms with Gasteiger partial charge in [-0.2, -0.15) is 0 Å². The molecule has 0 heterocycles. The van der Waals surface area contributed by atoms with Crippen molar-refractivity contribution in [3.05, 3.63) is 64.6 Å². The summed E-state index contributed by atoms with van der Waals surface area (Å²) < 4.78 is 0.944. The summed E-state index contributed by atoms with van der Waals surface area (Å²) in [4.78, 5) is 16.6. The van der Waals surface area contributed by atoms with Gasteiger partial charge in [0.2, 0.25) is 0 Å². The number of benzene rings is 2. The molecule has 0 aliphatic heterocycles. The number of anilines is 1. The normalized spacial score (nSPS) is 11.0. The molecule has 1 amide bonds. The summed E-state index contributed by atoms with van der Waals surface area (Å²) in [7, 11) is 0. The third-order valence-corrected chi connectivity index (χ3v) is 3.26. The highest BCUT2D eigenvalue weighted by Gasteiger charge is 2.03. The molecule has 2 aromatic carbocycles. The van der Waals surface area contributed by atoms with Crippen LogP contribution in [0.25, 0.3) is 0 Å². The number of carbonyl (C=O) groups excluding carboxylic acids is 1. The second-order valence-electron chi connectivity index (χ2n) is 4.57. The van der Waals surface area contributed by atoms with Crippen molar-refractivity contribution in [3.8, 4) is 0 Å². The first kappa shape index (κ1) is 16.0. The van der Waals surface area contributed by atoms with E-state index in [9.17, 15) is 4.79 Å². The largest absolute Gasteiger partial charge is 0.384 e. The van der Waals surface area contributed by atoms with Gasteiger partial charge in [-0.25, -0.2) is 0 Å². The average Bonchev–Trinajstić information content (AvgIpc) is 2.50. The van der Waals surface area contributed by atoms with E-state index in [0.717, 1.165) is 10.0 Å². The van der Waals surface area contributed by atoms with E-state index < -0.39 is 0 Å². The number of halogens is 1. The minimum Gasteiger partial charge on any atom is -0.384 e. The summed E-state index contributed by atoms with van der Waals surface area (Å²) in [5.74, 6) is 0.0289. The van der Waals surface area contributed by atoms with Crippen LogP contribution in [0.2, 0.25) is 0 Å². The number of nitrogens with two attached hydrogens (primary N) is 1. The van der Waals surface area contributed by atoms with Gasteiger partial charge >= 0.3 is 0 Å². The van der Waals surface area contributed by atoms with Gasteiger partial charge in [0.1, 0.15) is 5.84 Å². The Morgan fingerprint density at radius 2 is 1.82 bits per heavy atom. The maximum absolute atomic E-state index is 11.7. The second-order valence-corrected chi connectivity index (χ2v) is 5.49. The van der Waals surface area contributed by atoms with E-state index in [4.69, 9.17) is 10.6 Å². The molecule has 6 heteroatoms. The molecule has 0 aliphatic carbocycles. The van der Waals surface area contributed by atoms with Crippen LogP contribution in [0.5, 0.6) is 0 Å². The molecular formula is C16H16BrN3O2. The minimum absolute atomic E-state index is 0.189. The summed E-state index contributed by atoms with van der Waals surface area (Å²) in [5, 5.41) is 6.44. The molecule has 0 aromatic heterocycles. The van der Waals surface area contributed by atoms with Crippen molar-refractivity contribution in [3.63, 3.8) is 0 Å². The van der Waals surface area contributed by atoms with Crippen LogP contribution in [0.4, 0.5) is 5.69 Å². The van der Waals surface area contributed by atoms with Gasteiger partial charge in [-0.15, -0.1) is 0 Å². The zero-order valence-corrected chi connectivity index (χ0v) is 13.4. The summed E-state index contributed by atoms with van der Waals surface area (Å²) in [6.45, 7) is -0.189. The number of amidine groups is 1. The monoisotopic (exact) mass is 361 g/mol. The smallest absolute Gasteiger partial charge is 0.265 e. The maximum atomic E-state index is 11.7. The lowest BCUT2D eigenvalue weighted by Crippen LogP contribution is -2.20. The van der Waals surface area contributed by atoms with Gasteiger partial charge in [0.05, 0.1) is 0 Å². The average molecular weight is 362 g/mol. The topological polar surface area (TPSA) is 76.7 Å². The maximum Gasteiger partial charge on any atom is 0.265 e. The molecule has 0 bridgehead atoms. The van der Waals surface area contributed by atoms with Gasteiger partial charge < -0.3 is 15.9 Å². The molecule has 0 saturated heterocycles. The fourth-order valence-electron chi connectivity index (χ4n) is 1.74. The summed E-state index contributed by atoms with van der Waals surface area (Å²) in [5.41, 5.74) is 7.48. The van der Waals surface area contributed by atoms with Gasteiger partial charge in [-0.05, 0) is 29.8 Å². The van der Waals surface area contributed by atoms with Crippen LogP contribution in [-0.2, 0) is 16.1 Å². The van der Waals surface area contributed by atoms with Crippen LogP contribution in [0, 0.1) is 0 Å². The number of nitrogens with one attached hydrogen (secondary N) is 1. The third kappa shape index (κ3) is 5.57. The molecule has 0 unspecified atom stereocenters. The van der Waals surface area contributed by atoms with Crippen LogP contribution in [-0.4, -0.2) is 18.3 Å². The molecule has 2 aromatic rings. The molecular weight excluding hydrogens is 346 g/mol. The van der Waals surface area contributed by atoms with E-state index in [0.29, 0.717) is 17.9 Å². The Kier molecular flexibility index (Phi) is 5.97. The van der Waals surface area contributed by atoms with Crippen LogP contribution < -0.4 is 11.1 Å². The molecule has 0 aliphatic rings. The Balaban J connectivity index is 1.76. The Morgan fingerprint density at radius 1 is 1.14 bits per heavy atom. The highest BCUT2D eigenvalue weighted by Crippen LogP contribution is 2.13. The summed E-state index contributed by atoms with van der Waals surface area (Å²) in [6, 6.07) is 16.9. The zero-order chi connectivity index (χ0) is 15.8. The van der Waals surface area contributed by atoms with Crippen molar-refractivity contribution in [1.29, 1.82) is 0 Å². The predicted octanol–water partition coefficient (Wildman–Crippen LogP) is 2.92. The number of hydrogen-bond acceptors (Lipinski definition) is 3. The predicted molar refractivity (Wildman–Crippen MR) is 90.5 cm³/mol. The molecule has 0 atom stereocenters. The second kappa shape index (κ2) is 8.19. The van der Waals surface area contributed by atoms with Gasteiger partial charge in [0, 0.05) is 16.6 Å². The van der Waals surface area contributed by atoms with Crippen molar-refractivity contribution in [2.75, 3.05) is 11.9 Å². The van der Waals surface area contributed by atoms with Gasteiger partial charge in [-0.1, -0.05) is 51.4 Å². The number of rotatable bonds is 6. The van der Waals surface area contributed by atoms with Crippen LogP contribution >= 0.6 is 15.9 Å². The van der Waals surface area contributed by atoms with Crippen LogP contribution in [0.3, 0.4) is 0 Å². The lowest BCUT2D eigenvalue weighted by molar-refractivity contribution is -0.120. The fraction of sp³-hybridized carbons (Fsp3) is 0.125. The molecule has 0 spiro atoms. The molecule has 0 radical (unpaired) electrons. The molecule has 2 rings (SSSR count). The first-order valence-electron chi connectivity index (χ1n) is 6.67. The SMILES string of the molecule is N/C(Cc1ccccc1)=N\OCC(=O)Nc1ccc(Br)cc1. The molecule has 0 fully saturated rings. The number of nitrogens with zero attached hydrogens (tertiary/aromatic N) is 1. The quantitative estimate of drug-likeness (QED) is 0.471. The zero-order valence-electron chi connectivity index (χ0n) is 11.8. The van der Waals surface area contributed by atoms with Crippen molar-refractivity contribution < 1.29 is 9.63 Å². The lowest BCUT2D eigenvalue weighted by Gasteiger charge is -2.05. The number of oxime groups is 1. The van der Waals surface area contributed by atoms with Crippen LogP contribution in [0.15, 0.2) is 64.2 Å². The van der Waals surface area contributed by atoms with Crippen molar-refractivity contribution >= 4 is 33.4 Å². The van der Waals surface area contributed by atoms with E-state index in [1.165, 1.54) is 0 Å². The van der Waals surface area contributed by atoms with Gasteiger partial charge in [-0.3, -0.25) is 4.79 Å². The summed E-state index contributed by atoms with van der Waals surface area (Å²) in [6.07, 6.45) is 0.481. The van der Waals surface area contributed by atoms with E-state index in [2.05, 4.69) is 26.4 Å². The molecule has 3 N–H and O–H groups in total. The number of carbonyl (C=O) groups is 1. The number of amides is 1. The Bertz CT molecular complexity index is 642. The van der Waals surface area contributed by atoms with Crippen molar-refractivity contribution in [2.45, 2.75) is 6.42 Å². The Morgan fingerprint density at radius 3 is 2.50 bits per heavy atom. The van der Waals surface area contributed by atoms with E-state index in [1.807, 2.05) is 42.5 Å². The first-order valence-corrected chi connectivity index (χ1v) is 7.46. The van der Waals surface area contributed by atoms with Crippen LogP contribution in [0.1, 0.15) is 5.56 Å². The fourth-order valence-corrected chi connectivity index (χ4v) is 2.01. The van der Waals surface area contributed by atoms with Gasteiger partial charge in [0.15, 0.2) is 6.61 Å². The molecule has 0 saturated carbocycles. The molecule has 5 nitrogen and oxygen atoms in total. The highest BCUT2D eigenvalue weighted by molar-refractivity contribution is 9.10. The highest BCUT2D eigenvalue weighted by atomic mass is 79.9. The minimum atomic E-state index is -0.293. The van der Waals surface area contributed by atoms with E-state index in [-0.39, 0.29) is 12.5 Å². The lowest BCUT2D eigenvalue weighted by atomic mass is 10.1. The Hall–Kier alpha value is -2.34. The Labute approximate surface area is 137 Å². The summed E-state index contributed by atoms with van der Waals surface area (Å²) >= 11 is 3.33. The molecule has 22 heavy (non-hydrogen) atoms. The molecule has 114 valence electrons. The van der Waals surface area contributed by atoms with E-state index in [1.54, 1.807) is 12.1 Å². The van der Waals surface area contributed by atoms with Crippen molar-refractivity contribution in [1.82, 2.24) is 0 Å². The van der Waals surface area contributed by atoms with Crippen molar-refractivity contribution in [2.24, 2.45) is 10.9 Å². The van der Waals surface area contributed by atoms with Gasteiger partial charge in [0.25, 0.3) is 5.91 Å².